The second-order valence-corrected chi connectivity index (χ2v) is 5.57. The number of rotatable bonds is 6. The Hall–Kier alpha value is -0.600. The van der Waals surface area contributed by atoms with Crippen LogP contribution < -0.4 is 5.32 Å². The zero-order valence-electron chi connectivity index (χ0n) is 11.0. The van der Waals surface area contributed by atoms with Crippen LogP contribution in [-0.4, -0.2) is 12.6 Å². The molecule has 0 saturated heterocycles. The largest absolute Gasteiger partial charge is 0.314 e. The summed E-state index contributed by atoms with van der Waals surface area (Å²) in [5.41, 5.74) is 2.79. The number of benzene rings is 1. The summed E-state index contributed by atoms with van der Waals surface area (Å²) in [5, 5.41) is 3.42. The topological polar surface area (TPSA) is 12.0 Å². The van der Waals surface area contributed by atoms with E-state index in [9.17, 15) is 0 Å². The Kier molecular flexibility index (Phi) is 6.53. The molecule has 2 heteroatoms. The van der Waals surface area contributed by atoms with Crippen LogP contribution in [0.25, 0.3) is 0 Å². The monoisotopic (exact) mass is 295 g/mol. The van der Waals surface area contributed by atoms with Gasteiger partial charge in [-0.3, -0.25) is 0 Å². The van der Waals surface area contributed by atoms with E-state index in [0.29, 0.717) is 6.04 Å². The lowest BCUT2D eigenvalue weighted by molar-refractivity contribution is 0.594. The van der Waals surface area contributed by atoms with Gasteiger partial charge in [0.25, 0.3) is 0 Å². The summed E-state index contributed by atoms with van der Waals surface area (Å²) in [4.78, 5) is 0. The first kappa shape index (κ1) is 14.5. The highest BCUT2D eigenvalue weighted by atomic mass is 79.9. The molecular formula is C15H22BrN. The molecule has 94 valence electrons. The quantitative estimate of drug-likeness (QED) is 0.609. The predicted molar refractivity (Wildman–Crippen MR) is 79.4 cm³/mol. The lowest BCUT2D eigenvalue weighted by Gasteiger charge is -2.07. The van der Waals surface area contributed by atoms with Crippen LogP contribution in [0.15, 0.2) is 40.4 Å². The third-order valence-corrected chi connectivity index (χ3v) is 3.39. The van der Waals surface area contributed by atoms with Crippen molar-refractivity contribution in [2.75, 3.05) is 6.54 Å². The van der Waals surface area contributed by atoms with Gasteiger partial charge in [0.15, 0.2) is 0 Å². The summed E-state index contributed by atoms with van der Waals surface area (Å²) in [5.74, 6) is 0. The Morgan fingerprint density at radius 2 is 2.06 bits per heavy atom. The van der Waals surface area contributed by atoms with E-state index in [0.717, 1.165) is 19.4 Å². The number of nitrogens with one attached hydrogen (secondary N) is 1. The van der Waals surface area contributed by atoms with E-state index in [1.54, 1.807) is 0 Å². The number of halogens is 1. The van der Waals surface area contributed by atoms with E-state index in [1.807, 2.05) is 0 Å². The van der Waals surface area contributed by atoms with Gasteiger partial charge in [0, 0.05) is 10.5 Å². The molecule has 1 aromatic rings. The van der Waals surface area contributed by atoms with Crippen molar-refractivity contribution in [2.45, 2.75) is 39.7 Å². The van der Waals surface area contributed by atoms with Crippen molar-refractivity contribution in [1.82, 2.24) is 5.32 Å². The van der Waals surface area contributed by atoms with E-state index < -0.39 is 0 Å². The minimum atomic E-state index is 0.576. The lowest BCUT2D eigenvalue weighted by Crippen LogP contribution is -2.23. The second kappa shape index (κ2) is 7.67. The third kappa shape index (κ3) is 6.04. The lowest BCUT2D eigenvalue weighted by atomic mass is 10.1. The third-order valence-electron chi connectivity index (χ3n) is 2.62. The molecule has 0 aliphatic heterocycles. The second-order valence-electron chi connectivity index (χ2n) is 4.72. The van der Waals surface area contributed by atoms with Crippen molar-refractivity contribution in [1.29, 1.82) is 0 Å². The van der Waals surface area contributed by atoms with Gasteiger partial charge < -0.3 is 5.32 Å². The molecular weight excluding hydrogens is 274 g/mol. The molecule has 1 N–H and O–H groups in total. The molecule has 0 aliphatic rings. The zero-order chi connectivity index (χ0) is 12.7. The zero-order valence-corrected chi connectivity index (χ0v) is 12.5. The molecule has 0 radical (unpaired) electrons. The van der Waals surface area contributed by atoms with Crippen LogP contribution in [0.3, 0.4) is 0 Å². The van der Waals surface area contributed by atoms with Crippen LogP contribution >= 0.6 is 15.9 Å². The fourth-order valence-electron chi connectivity index (χ4n) is 1.70. The van der Waals surface area contributed by atoms with Gasteiger partial charge in [-0.25, -0.2) is 0 Å². The molecule has 0 bridgehead atoms. The maximum atomic E-state index is 3.59. The molecule has 0 saturated carbocycles. The standard InChI is InChI=1S/C15H22BrN/c1-12(2)17-10-6-7-13(3)11-14-8-4-5-9-15(14)16/h4-5,7-9,12,17H,6,10-11H2,1-3H3. The minimum absolute atomic E-state index is 0.576. The van der Waals surface area contributed by atoms with Gasteiger partial charge in [-0.2, -0.15) is 0 Å². The summed E-state index contributed by atoms with van der Waals surface area (Å²) in [6.07, 6.45) is 4.46. The SMILES string of the molecule is CC(=CCCNC(C)C)Cc1ccccc1Br. The average Bonchev–Trinajstić information content (AvgIpc) is 2.27. The van der Waals surface area contributed by atoms with Gasteiger partial charge in [-0.1, -0.05) is 59.6 Å². The van der Waals surface area contributed by atoms with Crippen molar-refractivity contribution in [3.05, 3.63) is 46.0 Å². The molecule has 1 nitrogen and oxygen atoms in total. The van der Waals surface area contributed by atoms with E-state index in [1.165, 1.54) is 15.6 Å². The molecule has 17 heavy (non-hydrogen) atoms. The van der Waals surface area contributed by atoms with Gasteiger partial charge in [-0.15, -0.1) is 0 Å². The van der Waals surface area contributed by atoms with Crippen LogP contribution in [0.5, 0.6) is 0 Å². The minimum Gasteiger partial charge on any atom is -0.314 e. The summed E-state index contributed by atoms with van der Waals surface area (Å²) in [6, 6.07) is 9.00. The molecule has 1 rings (SSSR count). The van der Waals surface area contributed by atoms with Crippen LogP contribution in [0.4, 0.5) is 0 Å². The smallest absolute Gasteiger partial charge is 0.0210 e. The molecule has 0 aromatic heterocycles. The first-order chi connectivity index (χ1) is 8.09. The summed E-state index contributed by atoms with van der Waals surface area (Å²) in [6.45, 7) is 7.62. The Bertz CT molecular complexity index is 369. The van der Waals surface area contributed by atoms with Gasteiger partial charge in [-0.05, 0) is 37.9 Å². The van der Waals surface area contributed by atoms with Gasteiger partial charge >= 0.3 is 0 Å². The van der Waals surface area contributed by atoms with E-state index in [4.69, 9.17) is 0 Å². The number of allylic oxidation sites excluding steroid dienone is 1. The Balaban J connectivity index is 2.41. The number of hydrogen-bond donors (Lipinski definition) is 1. The summed E-state index contributed by atoms with van der Waals surface area (Å²) < 4.78 is 1.20. The van der Waals surface area contributed by atoms with Crippen LogP contribution in [0, 0.1) is 0 Å². The fraction of sp³-hybridized carbons (Fsp3) is 0.467. The average molecular weight is 296 g/mol. The maximum Gasteiger partial charge on any atom is 0.0210 e. The molecule has 0 amide bonds. The fourth-order valence-corrected chi connectivity index (χ4v) is 2.13. The normalized spacial score (nSPS) is 12.2. The van der Waals surface area contributed by atoms with Crippen molar-refractivity contribution in [2.24, 2.45) is 0 Å². The van der Waals surface area contributed by atoms with Crippen LogP contribution in [0.1, 0.15) is 32.8 Å². The molecule has 0 aliphatic carbocycles. The Morgan fingerprint density at radius 1 is 1.35 bits per heavy atom. The first-order valence-electron chi connectivity index (χ1n) is 6.22. The van der Waals surface area contributed by atoms with Crippen molar-refractivity contribution < 1.29 is 0 Å². The molecule has 0 fully saturated rings. The van der Waals surface area contributed by atoms with E-state index >= 15 is 0 Å². The molecule has 1 aromatic carbocycles. The molecule has 0 unspecified atom stereocenters. The van der Waals surface area contributed by atoms with E-state index in [-0.39, 0.29) is 0 Å². The summed E-state index contributed by atoms with van der Waals surface area (Å²) >= 11 is 3.59. The van der Waals surface area contributed by atoms with Crippen molar-refractivity contribution in [3.63, 3.8) is 0 Å². The van der Waals surface area contributed by atoms with Gasteiger partial charge in [0.1, 0.15) is 0 Å². The van der Waals surface area contributed by atoms with Crippen molar-refractivity contribution in [3.8, 4) is 0 Å². The molecule has 0 heterocycles. The van der Waals surface area contributed by atoms with Crippen LogP contribution in [0.2, 0.25) is 0 Å². The first-order valence-corrected chi connectivity index (χ1v) is 7.01. The highest BCUT2D eigenvalue weighted by Gasteiger charge is 1.99. The molecule has 0 spiro atoms. The van der Waals surface area contributed by atoms with E-state index in [2.05, 4.69) is 72.4 Å². The maximum absolute atomic E-state index is 3.59. The number of hydrogen-bond acceptors (Lipinski definition) is 1. The highest BCUT2D eigenvalue weighted by Crippen LogP contribution is 2.19. The Labute approximate surface area is 113 Å². The van der Waals surface area contributed by atoms with Crippen LogP contribution in [-0.2, 0) is 6.42 Å². The molecule has 0 atom stereocenters. The van der Waals surface area contributed by atoms with Crippen molar-refractivity contribution >= 4 is 15.9 Å². The van der Waals surface area contributed by atoms with Gasteiger partial charge in [0.05, 0.1) is 0 Å². The van der Waals surface area contributed by atoms with Gasteiger partial charge in [0.2, 0.25) is 0 Å². The summed E-state index contributed by atoms with van der Waals surface area (Å²) in [7, 11) is 0. The predicted octanol–water partition coefficient (Wildman–Crippen LogP) is 4.33. The Morgan fingerprint density at radius 3 is 2.71 bits per heavy atom. The highest BCUT2D eigenvalue weighted by molar-refractivity contribution is 9.10.